The van der Waals surface area contributed by atoms with Gasteiger partial charge in [-0.05, 0) is 12.8 Å². The quantitative estimate of drug-likeness (QED) is 0.680. The smallest absolute Gasteiger partial charge is 0.149 e. The third-order valence-corrected chi connectivity index (χ3v) is 3.88. The highest BCUT2D eigenvalue weighted by Crippen LogP contribution is 2.22. The molecular formula is C12H18N4O. The van der Waals surface area contributed by atoms with Crippen molar-refractivity contribution >= 4 is 5.78 Å². The Kier molecular flexibility index (Phi) is 2.93. The molecular weight excluding hydrogens is 216 g/mol. The lowest BCUT2D eigenvalue weighted by atomic mass is 10.1. The molecule has 0 saturated heterocycles. The summed E-state index contributed by atoms with van der Waals surface area (Å²) in [5.74, 6) is 1.42. The van der Waals surface area contributed by atoms with E-state index in [-0.39, 0.29) is 6.04 Å². The van der Waals surface area contributed by atoms with Crippen molar-refractivity contribution in [3.05, 3.63) is 12.2 Å². The first kappa shape index (κ1) is 10.9. The van der Waals surface area contributed by atoms with E-state index in [0.29, 0.717) is 5.78 Å². The largest absolute Gasteiger partial charge is 0.315 e. The first-order valence-electron chi connectivity index (χ1n) is 6.48. The van der Waals surface area contributed by atoms with Gasteiger partial charge in [-0.15, -0.1) is 10.2 Å². The monoisotopic (exact) mass is 234 g/mol. The van der Waals surface area contributed by atoms with Crippen LogP contribution in [-0.4, -0.2) is 38.0 Å². The maximum absolute atomic E-state index is 12.1. The molecule has 1 fully saturated rings. The lowest BCUT2D eigenvalue weighted by Crippen LogP contribution is -2.44. The molecule has 92 valence electrons. The average molecular weight is 234 g/mol. The van der Waals surface area contributed by atoms with Crippen LogP contribution in [0.25, 0.3) is 0 Å². The number of hydrogen-bond donors (Lipinski definition) is 0. The second-order valence-electron chi connectivity index (χ2n) is 4.99. The van der Waals surface area contributed by atoms with Crippen molar-refractivity contribution in [2.45, 2.75) is 51.2 Å². The van der Waals surface area contributed by atoms with E-state index in [1.54, 1.807) is 6.33 Å². The zero-order valence-electron chi connectivity index (χ0n) is 10.0. The number of carbonyl (C=O) groups is 1. The summed E-state index contributed by atoms with van der Waals surface area (Å²) in [6.07, 6.45) is 7.01. The van der Waals surface area contributed by atoms with Gasteiger partial charge in [0, 0.05) is 19.5 Å². The predicted octanol–water partition coefficient (Wildman–Crippen LogP) is 0.995. The lowest BCUT2D eigenvalue weighted by Gasteiger charge is -2.32. The minimum atomic E-state index is 0.128. The molecule has 2 heterocycles. The molecule has 1 atom stereocenters. The molecule has 5 heteroatoms. The number of rotatable bonds is 1. The number of Topliss-reactive ketones (excluding diaryl/α,β-unsaturated/α-hetero) is 1. The van der Waals surface area contributed by atoms with E-state index in [0.717, 1.165) is 44.7 Å². The Morgan fingerprint density at radius 1 is 1.24 bits per heavy atom. The molecule has 5 nitrogen and oxygen atoms in total. The summed E-state index contributed by atoms with van der Waals surface area (Å²) in [5, 5.41) is 8.03. The van der Waals surface area contributed by atoms with Crippen molar-refractivity contribution in [2.24, 2.45) is 0 Å². The van der Waals surface area contributed by atoms with E-state index in [2.05, 4.69) is 19.7 Å². The van der Waals surface area contributed by atoms with Gasteiger partial charge in [0.05, 0.1) is 12.6 Å². The van der Waals surface area contributed by atoms with Crippen LogP contribution >= 0.6 is 0 Å². The molecule has 2 aliphatic rings. The molecule has 0 radical (unpaired) electrons. The summed E-state index contributed by atoms with van der Waals surface area (Å²) in [6, 6.07) is 0.128. The second kappa shape index (κ2) is 4.56. The topological polar surface area (TPSA) is 51.0 Å². The third kappa shape index (κ3) is 2.11. The fourth-order valence-corrected chi connectivity index (χ4v) is 2.88. The van der Waals surface area contributed by atoms with Crippen molar-refractivity contribution < 1.29 is 4.79 Å². The fourth-order valence-electron chi connectivity index (χ4n) is 2.88. The van der Waals surface area contributed by atoms with E-state index in [1.807, 2.05) is 0 Å². The van der Waals surface area contributed by atoms with Gasteiger partial charge in [-0.2, -0.15) is 0 Å². The fraction of sp³-hybridized carbons (Fsp3) is 0.750. The number of fused-ring (bicyclic) bond motifs is 1. The number of ketones is 1. The first-order valence-corrected chi connectivity index (χ1v) is 6.48. The molecule has 0 spiro atoms. The van der Waals surface area contributed by atoms with Gasteiger partial charge in [0.15, 0.2) is 0 Å². The molecule has 17 heavy (non-hydrogen) atoms. The maximum atomic E-state index is 12.1. The molecule has 0 N–H and O–H groups in total. The molecule has 0 amide bonds. The molecule has 3 rings (SSSR count). The molecule has 0 bridgehead atoms. The molecule has 0 aromatic carbocycles. The van der Waals surface area contributed by atoms with Crippen LogP contribution in [-0.2, 0) is 17.9 Å². The summed E-state index contributed by atoms with van der Waals surface area (Å²) < 4.78 is 2.08. The zero-order valence-corrected chi connectivity index (χ0v) is 10.0. The van der Waals surface area contributed by atoms with E-state index in [4.69, 9.17) is 0 Å². The minimum absolute atomic E-state index is 0.128. The van der Waals surface area contributed by atoms with Crippen LogP contribution in [0.3, 0.4) is 0 Å². The van der Waals surface area contributed by atoms with Gasteiger partial charge < -0.3 is 4.57 Å². The Morgan fingerprint density at radius 2 is 2.18 bits per heavy atom. The SMILES string of the molecule is O=C1CCCCCC1N1CCn2cnnc2C1. The molecule has 1 unspecified atom stereocenters. The van der Waals surface area contributed by atoms with Gasteiger partial charge in [0.2, 0.25) is 0 Å². The number of aromatic nitrogens is 3. The Morgan fingerprint density at radius 3 is 3.12 bits per heavy atom. The number of carbonyl (C=O) groups excluding carboxylic acids is 1. The Labute approximate surface area is 101 Å². The lowest BCUT2D eigenvalue weighted by molar-refractivity contribution is -0.124. The van der Waals surface area contributed by atoms with Gasteiger partial charge >= 0.3 is 0 Å². The van der Waals surface area contributed by atoms with Crippen LogP contribution in [0.4, 0.5) is 0 Å². The van der Waals surface area contributed by atoms with E-state index < -0.39 is 0 Å². The van der Waals surface area contributed by atoms with Crippen LogP contribution in [0.2, 0.25) is 0 Å². The predicted molar refractivity (Wildman–Crippen MR) is 62.3 cm³/mol. The summed E-state index contributed by atoms with van der Waals surface area (Å²) >= 11 is 0. The third-order valence-electron chi connectivity index (χ3n) is 3.88. The summed E-state index contributed by atoms with van der Waals surface area (Å²) in [4.78, 5) is 14.4. The number of hydrogen-bond acceptors (Lipinski definition) is 4. The summed E-state index contributed by atoms with van der Waals surface area (Å²) in [5.41, 5.74) is 0. The standard InChI is InChI=1S/C12H18N4O/c17-11-5-3-1-2-4-10(11)15-6-7-16-9-13-14-12(16)8-15/h9-10H,1-8H2. The van der Waals surface area contributed by atoms with Crippen molar-refractivity contribution in [3.63, 3.8) is 0 Å². The molecule has 1 aromatic heterocycles. The van der Waals surface area contributed by atoms with E-state index in [1.165, 1.54) is 12.8 Å². The summed E-state index contributed by atoms with van der Waals surface area (Å²) in [7, 11) is 0. The van der Waals surface area contributed by atoms with Crippen LogP contribution < -0.4 is 0 Å². The maximum Gasteiger partial charge on any atom is 0.149 e. The highest BCUT2D eigenvalue weighted by molar-refractivity contribution is 5.84. The van der Waals surface area contributed by atoms with Gasteiger partial charge in [-0.1, -0.05) is 12.8 Å². The zero-order chi connectivity index (χ0) is 11.7. The number of nitrogens with zero attached hydrogens (tertiary/aromatic N) is 4. The van der Waals surface area contributed by atoms with Crippen molar-refractivity contribution in [3.8, 4) is 0 Å². The highest BCUT2D eigenvalue weighted by atomic mass is 16.1. The van der Waals surface area contributed by atoms with Crippen LogP contribution in [0.5, 0.6) is 0 Å². The normalized spacial score (nSPS) is 26.6. The summed E-state index contributed by atoms with van der Waals surface area (Å²) in [6.45, 7) is 2.63. The van der Waals surface area contributed by atoms with Crippen molar-refractivity contribution in [1.29, 1.82) is 0 Å². The molecule has 1 aliphatic heterocycles. The first-order chi connectivity index (χ1) is 8.34. The van der Waals surface area contributed by atoms with Gasteiger partial charge in [-0.25, -0.2) is 0 Å². The van der Waals surface area contributed by atoms with Crippen LogP contribution in [0.1, 0.15) is 37.9 Å². The van der Waals surface area contributed by atoms with Crippen molar-refractivity contribution in [1.82, 2.24) is 19.7 Å². The van der Waals surface area contributed by atoms with Gasteiger partial charge in [-0.3, -0.25) is 9.69 Å². The van der Waals surface area contributed by atoms with Gasteiger partial charge in [0.25, 0.3) is 0 Å². The second-order valence-corrected chi connectivity index (χ2v) is 4.99. The Bertz CT molecular complexity index is 414. The molecule has 1 aromatic rings. The average Bonchev–Trinajstić information content (AvgIpc) is 2.70. The van der Waals surface area contributed by atoms with Gasteiger partial charge in [0.1, 0.15) is 17.9 Å². The minimum Gasteiger partial charge on any atom is -0.315 e. The molecule has 1 saturated carbocycles. The van der Waals surface area contributed by atoms with E-state index in [9.17, 15) is 4.79 Å². The highest BCUT2D eigenvalue weighted by Gasteiger charge is 2.29. The van der Waals surface area contributed by atoms with E-state index >= 15 is 0 Å². The Balaban J connectivity index is 1.74. The van der Waals surface area contributed by atoms with Crippen LogP contribution in [0.15, 0.2) is 6.33 Å². The van der Waals surface area contributed by atoms with Crippen molar-refractivity contribution in [2.75, 3.05) is 6.54 Å². The molecule has 1 aliphatic carbocycles. The van der Waals surface area contributed by atoms with Crippen LogP contribution in [0, 0.1) is 0 Å². The Hall–Kier alpha value is -1.23.